The molecule has 1 aromatic carbocycles. The van der Waals surface area contributed by atoms with Gasteiger partial charge in [0.25, 0.3) is 0 Å². The number of rotatable bonds is 4. The van der Waals surface area contributed by atoms with Gasteiger partial charge in [0, 0.05) is 25.7 Å². The van der Waals surface area contributed by atoms with Gasteiger partial charge >= 0.3 is 0 Å². The lowest BCUT2D eigenvalue weighted by molar-refractivity contribution is 0.260. The molecule has 0 amide bonds. The average molecular weight is 399 g/mol. The summed E-state index contributed by atoms with van der Waals surface area (Å²) in [5.74, 6) is 1.65. The standard InChI is InChI=1S/C20H30N2O2S.ClH/c1-15-7-3-6-10-18(15)20-19-13-22(12-17(19)11-21(20)2)25(23,24)14-16-8-4-5-9-16;/h3,6-7,10,16-17,19-20H,4-5,8-9,11-14H2,1-2H3;1H/t17-,19+,20+;/m0./s1. The largest absolute Gasteiger partial charge is 0.299 e. The maximum Gasteiger partial charge on any atom is 0.214 e. The molecule has 0 radical (unpaired) electrons. The van der Waals surface area contributed by atoms with Crippen LogP contribution in [0.2, 0.25) is 0 Å². The summed E-state index contributed by atoms with van der Waals surface area (Å²) < 4.78 is 27.7. The summed E-state index contributed by atoms with van der Waals surface area (Å²) in [5.41, 5.74) is 2.68. The molecule has 3 atom stereocenters. The van der Waals surface area contributed by atoms with E-state index in [-0.39, 0.29) is 12.4 Å². The topological polar surface area (TPSA) is 40.6 Å². The van der Waals surface area contributed by atoms with Crippen molar-refractivity contribution in [1.82, 2.24) is 9.21 Å². The molecule has 1 aliphatic carbocycles. The SMILES string of the molecule is Cc1ccccc1[C@@H]1[C@@H]2CN(S(=O)(=O)CC3CCCC3)C[C@@H]2CN1C.Cl. The number of halogens is 1. The Morgan fingerprint density at radius 2 is 1.77 bits per heavy atom. The molecule has 4 nitrogen and oxygen atoms in total. The zero-order chi connectivity index (χ0) is 17.6. The van der Waals surface area contributed by atoms with Crippen molar-refractivity contribution < 1.29 is 8.42 Å². The van der Waals surface area contributed by atoms with Crippen molar-refractivity contribution in [2.45, 2.75) is 38.6 Å². The van der Waals surface area contributed by atoms with Gasteiger partial charge in [-0.2, -0.15) is 0 Å². The highest BCUT2D eigenvalue weighted by Gasteiger charge is 2.49. The summed E-state index contributed by atoms with van der Waals surface area (Å²) >= 11 is 0. The molecule has 0 spiro atoms. The molecule has 0 aromatic heterocycles. The molecule has 3 aliphatic rings. The van der Waals surface area contributed by atoms with Crippen molar-refractivity contribution in [3.05, 3.63) is 35.4 Å². The third-order valence-corrected chi connectivity index (χ3v) is 8.66. The van der Waals surface area contributed by atoms with Crippen molar-refractivity contribution >= 4 is 22.4 Å². The molecular weight excluding hydrogens is 368 g/mol. The minimum absolute atomic E-state index is 0. The third-order valence-electron chi connectivity index (χ3n) is 6.68. The smallest absolute Gasteiger partial charge is 0.214 e. The van der Waals surface area contributed by atoms with E-state index in [1.807, 2.05) is 4.31 Å². The highest BCUT2D eigenvalue weighted by molar-refractivity contribution is 7.89. The Labute approximate surface area is 164 Å². The Morgan fingerprint density at radius 3 is 2.46 bits per heavy atom. The van der Waals surface area contributed by atoms with Crippen LogP contribution in [0.15, 0.2) is 24.3 Å². The molecule has 4 rings (SSSR count). The van der Waals surface area contributed by atoms with Gasteiger partial charge in [-0.15, -0.1) is 12.4 Å². The van der Waals surface area contributed by atoms with E-state index >= 15 is 0 Å². The zero-order valence-corrected chi connectivity index (χ0v) is 17.4. The number of benzene rings is 1. The summed E-state index contributed by atoms with van der Waals surface area (Å²) in [6.45, 7) is 4.58. The van der Waals surface area contributed by atoms with E-state index < -0.39 is 10.0 Å². The summed E-state index contributed by atoms with van der Waals surface area (Å²) in [5, 5.41) is 0. The molecule has 26 heavy (non-hydrogen) atoms. The number of aryl methyl sites for hydroxylation is 1. The van der Waals surface area contributed by atoms with E-state index in [0.717, 1.165) is 19.4 Å². The summed E-state index contributed by atoms with van der Waals surface area (Å²) in [6.07, 6.45) is 4.58. The van der Waals surface area contributed by atoms with Crippen molar-refractivity contribution in [2.24, 2.45) is 17.8 Å². The Bertz CT molecular complexity index is 733. The van der Waals surface area contributed by atoms with E-state index in [0.29, 0.717) is 42.6 Å². The Balaban J connectivity index is 0.00000196. The van der Waals surface area contributed by atoms with Gasteiger partial charge in [0.2, 0.25) is 10.0 Å². The molecule has 6 heteroatoms. The minimum Gasteiger partial charge on any atom is -0.299 e. The number of likely N-dealkylation sites (tertiary alicyclic amines) is 1. The molecule has 1 saturated carbocycles. The molecule has 2 heterocycles. The van der Waals surface area contributed by atoms with Crippen LogP contribution in [0, 0.1) is 24.7 Å². The first-order valence-corrected chi connectivity index (χ1v) is 11.3. The number of fused-ring (bicyclic) bond motifs is 1. The van der Waals surface area contributed by atoms with Crippen LogP contribution in [0.5, 0.6) is 0 Å². The predicted molar refractivity (Wildman–Crippen MR) is 108 cm³/mol. The van der Waals surface area contributed by atoms with Gasteiger partial charge in [-0.25, -0.2) is 12.7 Å². The second-order valence-corrected chi connectivity index (χ2v) is 10.4. The Hall–Kier alpha value is -0.620. The number of hydrogen-bond donors (Lipinski definition) is 0. The maximum absolute atomic E-state index is 12.9. The quantitative estimate of drug-likeness (QED) is 0.779. The highest BCUT2D eigenvalue weighted by atomic mass is 35.5. The second-order valence-electron chi connectivity index (χ2n) is 8.41. The van der Waals surface area contributed by atoms with E-state index in [1.165, 1.54) is 24.0 Å². The fraction of sp³-hybridized carbons (Fsp3) is 0.700. The van der Waals surface area contributed by atoms with Gasteiger partial charge in [-0.05, 0) is 55.7 Å². The van der Waals surface area contributed by atoms with Crippen LogP contribution >= 0.6 is 12.4 Å². The summed E-state index contributed by atoms with van der Waals surface area (Å²) in [4.78, 5) is 2.43. The second kappa shape index (κ2) is 7.78. The molecule has 0 N–H and O–H groups in total. The van der Waals surface area contributed by atoms with Gasteiger partial charge in [-0.3, -0.25) is 4.90 Å². The van der Waals surface area contributed by atoms with Gasteiger partial charge in [-0.1, -0.05) is 37.1 Å². The van der Waals surface area contributed by atoms with Crippen molar-refractivity contribution in [3.8, 4) is 0 Å². The van der Waals surface area contributed by atoms with Crippen molar-refractivity contribution in [1.29, 1.82) is 0 Å². The van der Waals surface area contributed by atoms with Crippen LogP contribution in [-0.2, 0) is 10.0 Å². The van der Waals surface area contributed by atoms with Gasteiger partial charge in [0.15, 0.2) is 0 Å². The molecule has 2 aliphatic heterocycles. The van der Waals surface area contributed by atoms with Gasteiger partial charge in [0.1, 0.15) is 0 Å². The van der Waals surface area contributed by atoms with Crippen LogP contribution in [0.4, 0.5) is 0 Å². The average Bonchev–Trinajstić information content (AvgIpc) is 3.24. The number of nitrogens with zero attached hydrogens (tertiary/aromatic N) is 2. The van der Waals surface area contributed by atoms with Crippen molar-refractivity contribution in [3.63, 3.8) is 0 Å². The summed E-state index contributed by atoms with van der Waals surface area (Å²) in [7, 11) is -0.917. The van der Waals surface area contributed by atoms with Crippen LogP contribution in [0.25, 0.3) is 0 Å². The molecular formula is C20H31ClN2O2S. The van der Waals surface area contributed by atoms with Gasteiger partial charge in [0.05, 0.1) is 5.75 Å². The maximum atomic E-state index is 12.9. The van der Waals surface area contributed by atoms with E-state index in [1.54, 1.807) is 0 Å². The number of sulfonamides is 1. The van der Waals surface area contributed by atoms with Crippen LogP contribution in [0.3, 0.4) is 0 Å². The fourth-order valence-electron chi connectivity index (χ4n) is 5.41. The first kappa shape index (κ1) is 20.1. The van der Waals surface area contributed by atoms with Crippen LogP contribution in [0.1, 0.15) is 42.9 Å². The predicted octanol–water partition coefficient (Wildman–Crippen LogP) is 3.47. The minimum atomic E-state index is -3.10. The molecule has 0 bridgehead atoms. The number of hydrogen-bond acceptors (Lipinski definition) is 3. The fourth-order valence-corrected chi connectivity index (χ4v) is 7.37. The van der Waals surface area contributed by atoms with Crippen LogP contribution < -0.4 is 0 Å². The lowest BCUT2D eigenvalue weighted by Crippen LogP contribution is -2.36. The summed E-state index contributed by atoms with van der Waals surface area (Å²) in [6, 6.07) is 8.91. The highest BCUT2D eigenvalue weighted by Crippen LogP contribution is 2.45. The Kier molecular flexibility index (Phi) is 6.02. The monoisotopic (exact) mass is 398 g/mol. The first-order chi connectivity index (χ1) is 12.0. The first-order valence-electron chi connectivity index (χ1n) is 9.69. The zero-order valence-electron chi connectivity index (χ0n) is 15.8. The normalized spacial score (nSPS) is 30.5. The van der Waals surface area contributed by atoms with E-state index in [9.17, 15) is 8.42 Å². The third kappa shape index (κ3) is 3.68. The Morgan fingerprint density at radius 1 is 1.08 bits per heavy atom. The molecule has 0 unspecified atom stereocenters. The molecule has 146 valence electrons. The van der Waals surface area contributed by atoms with E-state index in [2.05, 4.69) is 43.1 Å². The molecule has 2 saturated heterocycles. The van der Waals surface area contributed by atoms with Crippen LogP contribution in [-0.4, -0.2) is 50.1 Å². The molecule has 3 fully saturated rings. The lowest BCUT2D eigenvalue weighted by atomic mass is 9.88. The molecule has 1 aromatic rings. The van der Waals surface area contributed by atoms with Crippen molar-refractivity contribution in [2.75, 3.05) is 32.4 Å². The van der Waals surface area contributed by atoms with E-state index in [4.69, 9.17) is 0 Å². The van der Waals surface area contributed by atoms with Gasteiger partial charge < -0.3 is 0 Å². The lowest BCUT2D eigenvalue weighted by Gasteiger charge is -2.28.